The van der Waals surface area contributed by atoms with E-state index in [9.17, 15) is 8.42 Å². The first-order valence-corrected chi connectivity index (χ1v) is 8.93. The largest absolute Gasteiger partial charge is 0.370 e. The van der Waals surface area contributed by atoms with Gasteiger partial charge in [0.2, 0.25) is 0 Å². The standard InChI is InChI=1S/C13H22N4O2S/c1-3-11-16-12(14-4-2)9-13(17-11)15-10-5-7-20(18,19)8-6-10/h9-10H,3-8H2,1-2H3,(H2,14,15,16,17). The van der Waals surface area contributed by atoms with Crippen LogP contribution in [0.15, 0.2) is 6.07 Å². The van der Waals surface area contributed by atoms with Gasteiger partial charge in [-0.1, -0.05) is 6.92 Å². The summed E-state index contributed by atoms with van der Waals surface area (Å²) in [4.78, 5) is 8.85. The second-order valence-corrected chi connectivity index (χ2v) is 7.31. The number of aromatic nitrogens is 2. The molecule has 0 spiro atoms. The molecule has 112 valence electrons. The smallest absolute Gasteiger partial charge is 0.150 e. The topological polar surface area (TPSA) is 84.0 Å². The van der Waals surface area contributed by atoms with Crippen molar-refractivity contribution in [3.8, 4) is 0 Å². The van der Waals surface area contributed by atoms with Gasteiger partial charge in [0.1, 0.15) is 27.3 Å². The molecule has 0 saturated carbocycles. The molecule has 0 aliphatic carbocycles. The molecule has 2 rings (SSSR count). The average molecular weight is 298 g/mol. The molecular weight excluding hydrogens is 276 g/mol. The van der Waals surface area contributed by atoms with E-state index in [0.29, 0.717) is 12.8 Å². The third-order valence-corrected chi connectivity index (χ3v) is 5.07. The lowest BCUT2D eigenvalue weighted by Gasteiger charge is -2.23. The van der Waals surface area contributed by atoms with E-state index in [1.807, 2.05) is 19.9 Å². The highest BCUT2D eigenvalue weighted by Crippen LogP contribution is 2.18. The van der Waals surface area contributed by atoms with Gasteiger partial charge in [0.15, 0.2) is 0 Å². The zero-order valence-corrected chi connectivity index (χ0v) is 12.8. The summed E-state index contributed by atoms with van der Waals surface area (Å²) in [6, 6.07) is 2.05. The van der Waals surface area contributed by atoms with Gasteiger partial charge in [-0.3, -0.25) is 0 Å². The maximum atomic E-state index is 11.4. The molecule has 1 aliphatic rings. The van der Waals surface area contributed by atoms with E-state index < -0.39 is 9.84 Å². The molecule has 1 aromatic heterocycles. The van der Waals surface area contributed by atoms with Gasteiger partial charge in [0, 0.05) is 25.1 Å². The van der Waals surface area contributed by atoms with Crippen molar-refractivity contribution in [2.45, 2.75) is 39.2 Å². The van der Waals surface area contributed by atoms with Crippen LogP contribution in [0.4, 0.5) is 11.6 Å². The summed E-state index contributed by atoms with van der Waals surface area (Å²) in [7, 11) is -2.82. The van der Waals surface area contributed by atoms with Crippen molar-refractivity contribution in [2.75, 3.05) is 28.7 Å². The molecule has 0 atom stereocenters. The molecule has 1 fully saturated rings. The van der Waals surface area contributed by atoms with Crippen LogP contribution in [0.3, 0.4) is 0 Å². The number of nitrogens with one attached hydrogen (secondary N) is 2. The molecule has 0 bridgehead atoms. The minimum Gasteiger partial charge on any atom is -0.370 e. The number of nitrogens with zero attached hydrogens (tertiary/aromatic N) is 2. The van der Waals surface area contributed by atoms with E-state index in [1.54, 1.807) is 0 Å². The lowest BCUT2D eigenvalue weighted by molar-refractivity contribution is 0.559. The number of aryl methyl sites for hydroxylation is 1. The second-order valence-electron chi connectivity index (χ2n) is 5.01. The number of hydrogen-bond donors (Lipinski definition) is 2. The third-order valence-electron chi connectivity index (χ3n) is 3.35. The molecule has 0 amide bonds. The maximum absolute atomic E-state index is 11.4. The summed E-state index contributed by atoms with van der Waals surface area (Å²) >= 11 is 0. The minimum atomic E-state index is -2.82. The maximum Gasteiger partial charge on any atom is 0.150 e. The van der Waals surface area contributed by atoms with Crippen LogP contribution in [0.2, 0.25) is 0 Å². The molecule has 6 nitrogen and oxygen atoms in total. The quantitative estimate of drug-likeness (QED) is 0.856. The fraction of sp³-hybridized carbons (Fsp3) is 0.692. The SMILES string of the molecule is CCNc1cc(NC2CCS(=O)(=O)CC2)nc(CC)n1. The Morgan fingerprint density at radius 3 is 2.45 bits per heavy atom. The van der Waals surface area contributed by atoms with Crippen LogP contribution in [-0.2, 0) is 16.3 Å². The minimum absolute atomic E-state index is 0.174. The van der Waals surface area contributed by atoms with Crippen molar-refractivity contribution < 1.29 is 8.42 Å². The van der Waals surface area contributed by atoms with Crippen molar-refractivity contribution in [1.82, 2.24) is 9.97 Å². The molecule has 1 saturated heterocycles. The van der Waals surface area contributed by atoms with E-state index in [-0.39, 0.29) is 17.5 Å². The molecule has 1 aliphatic heterocycles. The fourth-order valence-corrected chi connectivity index (χ4v) is 3.74. The zero-order valence-electron chi connectivity index (χ0n) is 12.0. The Labute approximate surface area is 120 Å². The summed E-state index contributed by atoms with van der Waals surface area (Å²) in [5, 5.41) is 6.52. The highest BCUT2D eigenvalue weighted by molar-refractivity contribution is 7.91. The zero-order chi connectivity index (χ0) is 14.6. The van der Waals surface area contributed by atoms with Gasteiger partial charge < -0.3 is 10.6 Å². The molecule has 2 N–H and O–H groups in total. The molecule has 1 aromatic rings. The van der Waals surface area contributed by atoms with Crippen LogP contribution in [0.25, 0.3) is 0 Å². The number of hydrogen-bond acceptors (Lipinski definition) is 6. The summed E-state index contributed by atoms with van der Waals surface area (Å²) in [6.45, 7) is 4.84. The molecule has 0 unspecified atom stereocenters. The van der Waals surface area contributed by atoms with Gasteiger partial charge in [-0.2, -0.15) is 0 Å². The van der Waals surface area contributed by atoms with Crippen LogP contribution in [0.1, 0.15) is 32.5 Å². The van der Waals surface area contributed by atoms with Crippen molar-refractivity contribution in [2.24, 2.45) is 0 Å². The summed E-state index contributed by atoms with van der Waals surface area (Å²) in [6.07, 6.45) is 2.06. The summed E-state index contributed by atoms with van der Waals surface area (Å²) in [5.41, 5.74) is 0. The predicted octanol–water partition coefficient (Wildman–Crippen LogP) is 1.46. The van der Waals surface area contributed by atoms with E-state index in [1.165, 1.54) is 0 Å². The Morgan fingerprint density at radius 1 is 1.20 bits per heavy atom. The molecule has 0 aromatic carbocycles. The van der Waals surface area contributed by atoms with Crippen LogP contribution in [-0.4, -0.2) is 42.5 Å². The molecular formula is C13H22N4O2S. The summed E-state index contributed by atoms with van der Waals surface area (Å²) < 4.78 is 22.8. The number of rotatable bonds is 5. The predicted molar refractivity (Wildman–Crippen MR) is 80.9 cm³/mol. The van der Waals surface area contributed by atoms with Crippen LogP contribution in [0, 0.1) is 0 Å². The van der Waals surface area contributed by atoms with Gasteiger partial charge in [-0.05, 0) is 19.8 Å². The highest BCUT2D eigenvalue weighted by Gasteiger charge is 2.23. The van der Waals surface area contributed by atoms with E-state index >= 15 is 0 Å². The van der Waals surface area contributed by atoms with E-state index in [2.05, 4.69) is 20.6 Å². The van der Waals surface area contributed by atoms with Gasteiger partial charge in [0.05, 0.1) is 11.5 Å². The average Bonchev–Trinajstić information content (AvgIpc) is 2.41. The Hall–Kier alpha value is -1.37. The van der Waals surface area contributed by atoms with Crippen molar-refractivity contribution in [3.05, 3.63) is 11.9 Å². The second kappa shape index (κ2) is 6.39. The third kappa shape index (κ3) is 4.06. The molecule has 2 heterocycles. The highest BCUT2D eigenvalue weighted by atomic mass is 32.2. The Morgan fingerprint density at radius 2 is 1.85 bits per heavy atom. The van der Waals surface area contributed by atoms with E-state index in [4.69, 9.17) is 0 Å². The lowest BCUT2D eigenvalue weighted by atomic mass is 10.1. The Kier molecular flexibility index (Phi) is 4.80. The normalized spacial score (nSPS) is 18.7. The molecule has 20 heavy (non-hydrogen) atoms. The first-order valence-electron chi connectivity index (χ1n) is 7.11. The molecule has 0 radical (unpaired) electrons. The van der Waals surface area contributed by atoms with Gasteiger partial charge in [-0.25, -0.2) is 18.4 Å². The number of sulfone groups is 1. The Balaban J connectivity index is 2.07. The van der Waals surface area contributed by atoms with Crippen LogP contribution < -0.4 is 10.6 Å². The van der Waals surface area contributed by atoms with Gasteiger partial charge in [0.25, 0.3) is 0 Å². The van der Waals surface area contributed by atoms with E-state index in [0.717, 1.165) is 30.4 Å². The van der Waals surface area contributed by atoms with Gasteiger partial charge in [-0.15, -0.1) is 0 Å². The number of anilines is 2. The fourth-order valence-electron chi connectivity index (χ4n) is 2.24. The monoisotopic (exact) mass is 298 g/mol. The molecule has 7 heteroatoms. The van der Waals surface area contributed by atoms with Crippen molar-refractivity contribution in [1.29, 1.82) is 0 Å². The van der Waals surface area contributed by atoms with Crippen LogP contribution in [0.5, 0.6) is 0 Å². The first kappa shape index (κ1) is 15.0. The summed E-state index contributed by atoms with van der Waals surface area (Å²) in [5.74, 6) is 2.89. The van der Waals surface area contributed by atoms with Crippen LogP contribution >= 0.6 is 0 Å². The first-order chi connectivity index (χ1) is 9.52. The van der Waals surface area contributed by atoms with Crippen molar-refractivity contribution >= 4 is 21.5 Å². The van der Waals surface area contributed by atoms with Crippen molar-refractivity contribution in [3.63, 3.8) is 0 Å². The van der Waals surface area contributed by atoms with Gasteiger partial charge >= 0.3 is 0 Å². The lowest BCUT2D eigenvalue weighted by Crippen LogP contribution is -2.32. The Bertz CT molecular complexity index is 545.